The molecular formula is C24H26N2O3S. The Hall–Kier alpha value is -2.86. The average Bonchev–Trinajstić information content (AvgIpc) is 3.22. The van der Waals surface area contributed by atoms with E-state index in [1.165, 1.54) is 4.70 Å². The van der Waals surface area contributed by atoms with Gasteiger partial charge in [-0.3, -0.25) is 4.79 Å². The Morgan fingerprint density at radius 3 is 2.93 bits per heavy atom. The number of ether oxygens (including phenoxy) is 2. The number of carbonyl (C=O) groups is 1. The first-order valence-electron chi connectivity index (χ1n) is 10.2. The van der Waals surface area contributed by atoms with Gasteiger partial charge in [-0.1, -0.05) is 30.4 Å². The maximum atomic E-state index is 12.8. The van der Waals surface area contributed by atoms with Crippen LogP contribution in [0.3, 0.4) is 0 Å². The lowest BCUT2D eigenvalue weighted by molar-refractivity contribution is -0.134. The minimum Gasteiger partial charge on any atom is -0.493 e. The molecule has 30 heavy (non-hydrogen) atoms. The van der Waals surface area contributed by atoms with E-state index in [1.807, 2.05) is 60.4 Å². The summed E-state index contributed by atoms with van der Waals surface area (Å²) < 4.78 is 12.4. The molecule has 1 aliphatic rings. The van der Waals surface area contributed by atoms with Crippen molar-refractivity contribution in [3.05, 3.63) is 59.1 Å². The van der Waals surface area contributed by atoms with E-state index in [-0.39, 0.29) is 18.4 Å². The number of amides is 1. The van der Waals surface area contributed by atoms with Gasteiger partial charge >= 0.3 is 0 Å². The molecule has 0 aliphatic carbocycles. The summed E-state index contributed by atoms with van der Waals surface area (Å²) in [5.74, 6) is 1.50. The van der Waals surface area contributed by atoms with Crippen molar-refractivity contribution in [2.45, 2.75) is 25.7 Å². The topological polar surface area (TPSA) is 51.7 Å². The summed E-state index contributed by atoms with van der Waals surface area (Å²) in [6, 6.07) is 13.9. The van der Waals surface area contributed by atoms with E-state index in [2.05, 4.69) is 6.07 Å². The number of para-hydroxylation sites is 1. The first-order chi connectivity index (χ1) is 14.7. The lowest BCUT2D eigenvalue weighted by Gasteiger charge is -2.31. The third-order valence-corrected chi connectivity index (χ3v) is 6.53. The molecule has 0 unspecified atom stereocenters. The number of thiazole rings is 1. The van der Waals surface area contributed by atoms with Crippen molar-refractivity contribution in [2.75, 3.05) is 26.8 Å². The fourth-order valence-electron chi connectivity index (χ4n) is 3.80. The van der Waals surface area contributed by atoms with Gasteiger partial charge in [-0.25, -0.2) is 4.98 Å². The number of benzene rings is 2. The number of hydrogen-bond acceptors (Lipinski definition) is 5. The molecule has 5 nitrogen and oxygen atoms in total. The number of piperidine rings is 1. The van der Waals surface area contributed by atoms with Crippen LogP contribution >= 0.6 is 11.3 Å². The van der Waals surface area contributed by atoms with Gasteiger partial charge in [-0.05, 0) is 49.6 Å². The van der Waals surface area contributed by atoms with Crippen molar-refractivity contribution in [3.63, 3.8) is 0 Å². The highest BCUT2D eigenvalue weighted by molar-refractivity contribution is 7.18. The van der Waals surface area contributed by atoms with Gasteiger partial charge in [0, 0.05) is 19.0 Å². The second-order valence-corrected chi connectivity index (χ2v) is 8.46. The Bertz CT molecular complexity index is 1030. The van der Waals surface area contributed by atoms with Crippen LogP contribution in [0.15, 0.2) is 48.5 Å². The van der Waals surface area contributed by atoms with Crippen LogP contribution in [0.5, 0.6) is 11.5 Å². The van der Waals surface area contributed by atoms with Gasteiger partial charge in [-0.15, -0.1) is 11.3 Å². The number of methoxy groups -OCH3 is 1. The zero-order chi connectivity index (χ0) is 20.9. The zero-order valence-electron chi connectivity index (χ0n) is 17.3. The molecule has 1 aliphatic heterocycles. The minimum atomic E-state index is 0.000365. The molecule has 1 aromatic heterocycles. The predicted octanol–water partition coefficient (Wildman–Crippen LogP) is 5.12. The number of carbonyl (C=O) groups excluding carboxylic acids is 1. The lowest BCUT2D eigenvalue weighted by atomic mass is 9.99. The molecule has 0 saturated carbocycles. The van der Waals surface area contributed by atoms with Gasteiger partial charge in [0.1, 0.15) is 0 Å². The van der Waals surface area contributed by atoms with Crippen molar-refractivity contribution in [1.82, 2.24) is 9.88 Å². The number of hydrogen-bond donors (Lipinski definition) is 0. The molecule has 0 bridgehead atoms. The second-order valence-electron chi connectivity index (χ2n) is 7.40. The number of rotatable bonds is 6. The fourth-order valence-corrected chi connectivity index (χ4v) is 4.89. The summed E-state index contributed by atoms with van der Waals surface area (Å²) in [6.07, 6.45) is 6.00. The standard InChI is InChI=1S/C24H26N2O3S/c1-3-7-17-11-12-20(21(14-17)28-2)29-16-23(27)26-13-6-8-18(15-26)24-25-19-9-4-5-10-22(19)30-24/h3-5,7,9-12,14,18H,6,8,13,15-16H2,1-2H3/b7-3+/t18-/m0/s1. The Morgan fingerprint density at radius 1 is 1.27 bits per heavy atom. The van der Waals surface area contributed by atoms with Gasteiger partial charge < -0.3 is 14.4 Å². The predicted molar refractivity (Wildman–Crippen MR) is 121 cm³/mol. The number of nitrogens with zero attached hydrogens (tertiary/aromatic N) is 2. The van der Waals surface area contributed by atoms with Gasteiger partial charge in [-0.2, -0.15) is 0 Å². The molecule has 1 saturated heterocycles. The van der Waals surface area contributed by atoms with Gasteiger partial charge in [0.15, 0.2) is 18.1 Å². The monoisotopic (exact) mass is 422 g/mol. The SMILES string of the molecule is C/C=C/c1ccc(OCC(=O)N2CCC[C@H](c3nc4ccccc4s3)C2)c(OC)c1. The lowest BCUT2D eigenvalue weighted by Crippen LogP contribution is -2.41. The van der Waals surface area contributed by atoms with E-state index in [9.17, 15) is 4.79 Å². The Morgan fingerprint density at radius 2 is 2.13 bits per heavy atom. The molecule has 2 heterocycles. The molecule has 1 fully saturated rings. The van der Waals surface area contributed by atoms with Crippen molar-refractivity contribution >= 4 is 33.5 Å². The number of aromatic nitrogens is 1. The van der Waals surface area contributed by atoms with E-state index >= 15 is 0 Å². The van der Waals surface area contributed by atoms with Crippen LogP contribution in [0.2, 0.25) is 0 Å². The largest absolute Gasteiger partial charge is 0.493 e. The summed E-state index contributed by atoms with van der Waals surface area (Å²) in [5.41, 5.74) is 2.07. The Kier molecular flexibility index (Phi) is 6.33. The van der Waals surface area contributed by atoms with E-state index < -0.39 is 0 Å². The van der Waals surface area contributed by atoms with Gasteiger partial charge in [0.2, 0.25) is 0 Å². The van der Waals surface area contributed by atoms with Gasteiger partial charge in [0.05, 0.1) is 22.3 Å². The molecule has 156 valence electrons. The van der Waals surface area contributed by atoms with E-state index in [0.29, 0.717) is 18.0 Å². The van der Waals surface area contributed by atoms with Crippen LogP contribution in [0.1, 0.15) is 36.3 Å². The molecule has 2 aromatic carbocycles. The fraction of sp³-hybridized carbons (Fsp3) is 0.333. The maximum Gasteiger partial charge on any atom is 0.260 e. The minimum absolute atomic E-state index is 0.000365. The first-order valence-corrected chi connectivity index (χ1v) is 11.1. The summed E-state index contributed by atoms with van der Waals surface area (Å²) in [7, 11) is 1.61. The first kappa shape index (κ1) is 20.4. The number of likely N-dealkylation sites (tertiary alicyclic amines) is 1. The van der Waals surface area contributed by atoms with E-state index in [4.69, 9.17) is 14.5 Å². The average molecular weight is 423 g/mol. The quantitative estimate of drug-likeness (QED) is 0.553. The summed E-state index contributed by atoms with van der Waals surface area (Å²) in [6.45, 7) is 3.43. The number of allylic oxidation sites excluding steroid dienone is 1. The molecule has 1 amide bonds. The van der Waals surface area contributed by atoms with Crippen LogP contribution in [0, 0.1) is 0 Å². The number of fused-ring (bicyclic) bond motifs is 1. The third kappa shape index (κ3) is 4.49. The summed E-state index contributed by atoms with van der Waals surface area (Å²) in [5, 5.41) is 1.12. The highest BCUT2D eigenvalue weighted by atomic mass is 32.1. The highest BCUT2D eigenvalue weighted by Crippen LogP contribution is 2.33. The van der Waals surface area contributed by atoms with Crippen molar-refractivity contribution in [1.29, 1.82) is 0 Å². The zero-order valence-corrected chi connectivity index (χ0v) is 18.2. The van der Waals surface area contributed by atoms with Crippen LogP contribution in [0.25, 0.3) is 16.3 Å². The molecule has 0 spiro atoms. The Labute approximate surface area is 180 Å². The van der Waals surface area contributed by atoms with E-state index in [1.54, 1.807) is 18.4 Å². The summed E-state index contributed by atoms with van der Waals surface area (Å²) >= 11 is 1.74. The second kappa shape index (κ2) is 9.30. The summed E-state index contributed by atoms with van der Waals surface area (Å²) in [4.78, 5) is 19.5. The van der Waals surface area contributed by atoms with Crippen LogP contribution < -0.4 is 9.47 Å². The van der Waals surface area contributed by atoms with E-state index in [0.717, 1.165) is 35.5 Å². The maximum absolute atomic E-state index is 12.8. The van der Waals surface area contributed by atoms with Crippen molar-refractivity contribution in [3.8, 4) is 11.5 Å². The van der Waals surface area contributed by atoms with Gasteiger partial charge in [0.25, 0.3) is 5.91 Å². The molecule has 0 radical (unpaired) electrons. The third-order valence-electron chi connectivity index (χ3n) is 5.33. The molecule has 3 aromatic rings. The van der Waals surface area contributed by atoms with Crippen molar-refractivity contribution in [2.24, 2.45) is 0 Å². The molecular weight excluding hydrogens is 396 g/mol. The molecule has 0 N–H and O–H groups in total. The van der Waals surface area contributed by atoms with Crippen LogP contribution in [0.4, 0.5) is 0 Å². The normalized spacial score (nSPS) is 16.9. The van der Waals surface area contributed by atoms with Crippen LogP contribution in [-0.4, -0.2) is 42.6 Å². The van der Waals surface area contributed by atoms with Crippen LogP contribution in [-0.2, 0) is 4.79 Å². The molecule has 6 heteroatoms. The Balaban J connectivity index is 1.40. The molecule has 1 atom stereocenters. The van der Waals surface area contributed by atoms with Crippen molar-refractivity contribution < 1.29 is 14.3 Å². The smallest absolute Gasteiger partial charge is 0.260 e. The highest BCUT2D eigenvalue weighted by Gasteiger charge is 2.27. The molecule has 4 rings (SSSR count).